The zero-order valence-corrected chi connectivity index (χ0v) is 16.5. The lowest BCUT2D eigenvalue weighted by Gasteiger charge is -2.27. The number of benzene rings is 1. The molecule has 1 saturated heterocycles. The fourth-order valence-corrected chi connectivity index (χ4v) is 3.36. The van der Waals surface area contributed by atoms with Gasteiger partial charge in [0.1, 0.15) is 0 Å². The molecule has 1 fully saturated rings. The molecular weight excluding hydrogens is 358 g/mol. The minimum atomic E-state index is -3.68. The van der Waals surface area contributed by atoms with Gasteiger partial charge in [-0.05, 0) is 30.5 Å². The van der Waals surface area contributed by atoms with Gasteiger partial charge in [-0.25, -0.2) is 0 Å². The maximum Gasteiger partial charge on any atom is 0.306 e. The summed E-state index contributed by atoms with van der Waals surface area (Å²) in [6.45, 7) is 5.31. The third-order valence-corrected chi connectivity index (χ3v) is 4.58. The van der Waals surface area contributed by atoms with Crippen molar-refractivity contribution in [3.05, 3.63) is 23.8 Å². The van der Waals surface area contributed by atoms with Gasteiger partial charge in [-0.15, -0.1) is 0 Å². The van der Waals surface area contributed by atoms with E-state index in [9.17, 15) is 13.2 Å². The third-order valence-electron chi connectivity index (χ3n) is 4.10. The van der Waals surface area contributed by atoms with Crippen molar-refractivity contribution in [3.63, 3.8) is 0 Å². The summed E-state index contributed by atoms with van der Waals surface area (Å²) in [5, 5.41) is 0. The number of methoxy groups -OCH3 is 1. The average molecular weight is 385 g/mol. The molecule has 1 aliphatic rings. The van der Waals surface area contributed by atoms with Gasteiger partial charge in [0, 0.05) is 25.6 Å². The maximum absolute atomic E-state index is 12.6. The molecule has 7 nitrogen and oxygen atoms in total. The Balaban J connectivity index is 2.22. The second-order valence-corrected chi connectivity index (χ2v) is 8.36. The summed E-state index contributed by atoms with van der Waals surface area (Å²) < 4.78 is 38.8. The predicted molar refractivity (Wildman–Crippen MR) is 97.7 cm³/mol. The van der Waals surface area contributed by atoms with Crippen LogP contribution in [0.4, 0.5) is 0 Å². The van der Waals surface area contributed by atoms with E-state index in [0.29, 0.717) is 18.8 Å². The highest BCUT2D eigenvalue weighted by atomic mass is 32.2. The van der Waals surface area contributed by atoms with Crippen LogP contribution in [0.25, 0.3) is 0 Å². The molecule has 0 saturated carbocycles. The SMILES string of the molecule is COc1ccc(CN(C[C@H]2CCCO2)C(=O)C(C)C)cc1OS(C)(=O)=O. The quantitative estimate of drug-likeness (QED) is 0.638. The summed E-state index contributed by atoms with van der Waals surface area (Å²) in [6.07, 6.45) is 2.96. The van der Waals surface area contributed by atoms with E-state index in [-0.39, 0.29) is 23.7 Å². The highest BCUT2D eigenvalue weighted by Gasteiger charge is 2.24. The van der Waals surface area contributed by atoms with E-state index in [2.05, 4.69) is 0 Å². The van der Waals surface area contributed by atoms with Crippen molar-refractivity contribution < 1.29 is 26.9 Å². The Labute approximate surface area is 155 Å². The Morgan fingerprint density at radius 2 is 2.08 bits per heavy atom. The maximum atomic E-state index is 12.6. The first-order chi connectivity index (χ1) is 12.2. The predicted octanol–water partition coefficient (Wildman–Crippen LogP) is 2.20. The summed E-state index contributed by atoms with van der Waals surface area (Å²) in [5.41, 5.74) is 0.761. The van der Waals surface area contributed by atoms with Crippen LogP contribution in [-0.4, -0.2) is 51.8 Å². The van der Waals surface area contributed by atoms with Crippen molar-refractivity contribution in [3.8, 4) is 11.5 Å². The number of carbonyl (C=O) groups excluding carboxylic acids is 1. The largest absolute Gasteiger partial charge is 0.493 e. The van der Waals surface area contributed by atoms with Crippen LogP contribution in [0.1, 0.15) is 32.3 Å². The zero-order valence-electron chi connectivity index (χ0n) is 15.7. The normalized spacial score (nSPS) is 17.3. The minimum Gasteiger partial charge on any atom is -0.493 e. The molecule has 0 spiro atoms. The fraction of sp³-hybridized carbons (Fsp3) is 0.611. The van der Waals surface area contributed by atoms with E-state index in [4.69, 9.17) is 13.7 Å². The van der Waals surface area contributed by atoms with Crippen molar-refractivity contribution in [1.82, 2.24) is 4.90 Å². The number of amides is 1. The molecule has 1 heterocycles. The molecule has 8 heteroatoms. The average Bonchev–Trinajstić information content (AvgIpc) is 3.05. The van der Waals surface area contributed by atoms with E-state index in [0.717, 1.165) is 31.3 Å². The van der Waals surface area contributed by atoms with Crippen molar-refractivity contribution in [1.29, 1.82) is 0 Å². The van der Waals surface area contributed by atoms with Gasteiger partial charge in [0.05, 0.1) is 19.5 Å². The highest BCUT2D eigenvalue weighted by Crippen LogP contribution is 2.30. The Morgan fingerprint density at radius 1 is 1.35 bits per heavy atom. The van der Waals surface area contributed by atoms with E-state index >= 15 is 0 Å². The van der Waals surface area contributed by atoms with Gasteiger partial charge >= 0.3 is 10.1 Å². The minimum absolute atomic E-state index is 0.0295. The molecule has 1 atom stereocenters. The van der Waals surface area contributed by atoms with Gasteiger partial charge < -0.3 is 18.6 Å². The van der Waals surface area contributed by atoms with Gasteiger partial charge in [-0.2, -0.15) is 8.42 Å². The molecule has 1 aromatic rings. The van der Waals surface area contributed by atoms with Crippen LogP contribution in [0, 0.1) is 5.92 Å². The first-order valence-corrected chi connectivity index (χ1v) is 10.5. The van der Waals surface area contributed by atoms with Gasteiger partial charge in [-0.3, -0.25) is 4.79 Å². The van der Waals surface area contributed by atoms with E-state index < -0.39 is 10.1 Å². The Hall–Kier alpha value is -1.80. The lowest BCUT2D eigenvalue weighted by atomic mass is 10.1. The van der Waals surface area contributed by atoms with Gasteiger partial charge in [0.15, 0.2) is 11.5 Å². The van der Waals surface area contributed by atoms with Crippen LogP contribution < -0.4 is 8.92 Å². The molecule has 1 aromatic carbocycles. The molecule has 2 rings (SSSR count). The highest BCUT2D eigenvalue weighted by molar-refractivity contribution is 7.86. The monoisotopic (exact) mass is 385 g/mol. The number of hydrogen-bond donors (Lipinski definition) is 0. The van der Waals surface area contributed by atoms with E-state index in [1.165, 1.54) is 7.11 Å². The summed E-state index contributed by atoms with van der Waals surface area (Å²) in [4.78, 5) is 14.3. The standard InChI is InChI=1S/C18H27NO6S/c1-13(2)18(20)19(12-15-6-5-9-24-15)11-14-7-8-16(23-3)17(10-14)25-26(4,21)22/h7-8,10,13,15H,5-6,9,11-12H2,1-4H3/t15-/m1/s1. The first-order valence-electron chi connectivity index (χ1n) is 8.66. The zero-order chi connectivity index (χ0) is 19.3. The lowest BCUT2D eigenvalue weighted by Crippen LogP contribution is -2.39. The third kappa shape index (κ3) is 5.88. The molecule has 0 unspecified atom stereocenters. The second kappa shape index (κ2) is 8.73. The fourth-order valence-electron chi connectivity index (χ4n) is 2.90. The van der Waals surface area contributed by atoms with Crippen molar-refractivity contribution in [2.75, 3.05) is 26.5 Å². The summed E-state index contributed by atoms with van der Waals surface area (Å²) >= 11 is 0. The van der Waals surface area contributed by atoms with E-state index in [1.54, 1.807) is 23.1 Å². The summed E-state index contributed by atoms with van der Waals surface area (Å²) in [7, 11) is -2.24. The molecule has 0 N–H and O–H groups in total. The molecule has 146 valence electrons. The van der Waals surface area contributed by atoms with Gasteiger partial charge in [0.2, 0.25) is 5.91 Å². The number of ether oxygens (including phenoxy) is 2. The lowest BCUT2D eigenvalue weighted by molar-refractivity contribution is -0.136. The molecule has 0 radical (unpaired) electrons. The molecule has 0 aliphatic carbocycles. The second-order valence-electron chi connectivity index (χ2n) is 6.78. The molecule has 26 heavy (non-hydrogen) atoms. The molecular formula is C18H27NO6S. The van der Waals surface area contributed by atoms with Crippen LogP contribution in [0.15, 0.2) is 18.2 Å². The van der Waals surface area contributed by atoms with Crippen LogP contribution in [0.2, 0.25) is 0 Å². The van der Waals surface area contributed by atoms with Crippen molar-refractivity contribution >= 4 is 16.0 Å². The van der Waals surface area contributed by atoms with E-state index in [1.807, 2.05) is 13.8 Å². The Kier molecular flexibility index (Phi) is 6.88. The smallest absolute Gasteiger partial charge is 0.306 e. The summed E-state index contributed by atoms with van der Waals surface area (Å²) in [5.74, 6) is 0.324. The first kappa shape index (κ1) is 20.5. The van der Waals surface area contributed by atoms with Crippen LogP contribution in [0.5, 0.6) is 11.5 Å². The number of nitrogens with zero attached hydrogens (tertiary/aromatic N) is 1. The Bertz CT molecular complexity index is 725. The summed E-state index contributed by atoms with van der Waals surface area (Å²) in [6, 6.07) is 5.03. The Morgan fingerprint density at radius 3 is 2.62 bits per heavy atom. The molecule has 1 aliphatic heterocycles. The number of rotatable bonds is 8. The number of hydrogen-bond acceptors (Lipinski definition) is 6. The van der Waals surface area contributed by atoms with Crippen LogP contribution in [-0.2, 0) is 26.2 Å². The molecule has 0 bridgehead atoms. The van der Waals surface area contributed by atoms with Crippen molar-refractivity contribution in [2.45, 2.75) is 39.3 Å². The van der Waals surface area contributed by atoms with Gasteiger partial charge in [-0.1, -0.05) is 19.9 Å². The van der Waals surface area contributed by atoms with Gasteiger partial charge in [0.25, 0.3) is 0 Å². The number of carbonyl (C=O) groups is 1. The topological polar surface area (TPSA) is 82.1 Å². The van der Waals surface area contributed by atoms with Crippen molar-refractivity contribution in [2.24, 2.45) is 5.92 Å². The molecule has 1 amide bonds. The molecule has 0 aromatic heterocycles. The van der Waals surface area contributed by atoms with Crippen LogP contribution in [0.3, 0.4) is 0 Å². The van der Waals surface area contributed by atoms with Crippen LogP contribution >= 0.6 is 0 Å².